The molecule has 19 heavy (non-hydrogen) atoms. The van der Waals surface area contributed by atoms with Crippen LogP contribution in [-0.2, 0) is 9.53 Å². The molecule has 0 radical (unpaired) electrons. The van der Waals surface area contributed by atoms with Gasteiger partial charge in [-0.25, -0.2) is 4.79 Å². The van der Waals surface area contributed by atoms with E-state index in [0.29, 0.717) is 24.2 Å². The second kappa shape index (κ2) is 5.40. The number of hydrogen-bond acceptors (Lipinski definition) is 4. The number of ether oxygens (including phenoxy) is 1. The van der Waals surface area contributed by atoms with Crippen molar-refractivity contribution < 1.29 is 19.4 Å². The Morgan fingerprint density at radius 2 is 2.37 bits per heavy atom. The van der Waals surface area contributed by atoms with Gasteiger partial charge in [-0.15, -0.1) is 0 Å². The van der Waals surface area contributed by atoms with Gasteiger partial charge in [0.2, 0.25) is 0 Å². The molecule has 2 rings (SSSR count). The lowest BCUT2D eigenvalue weighted by Gasteiger charge is -2.31. The molecule has 1 aliphatic heterocycles. The molecule has 0 bridgehead atoms. The Balaban J connectivity index is 2.09. The van der Waals surface area contributed by atoms with Gasteiger partial charge < -0.3 is 9.84 Å². The average molecular weight is 260 g/mol. The fourth-order valence-corrected chi connectivity index (χ4v) is 1.95. The minimum Gasteiger partial charge on any atom is -0.481 e. The van der Waals surface area contributed by atoms with Crippen LogP contribution in [0.5, 0.6) is 0 Å². The monoisotopic (exact) mass is 260 g/mol. The number of amides is 1. The molecule has 1 aromatic rings. The Morgan fingerprint density at radius 1 is 1.58 bits per heavy atom. The predicted molar refractivity (Wildman–Crippen MR) is 65.6 cm³/mol. The molecule has 0 aromatic heterocycles. The normalized spacial score (nSPS) is 18.6. The zero-order valence-electron chi connectivity index (χ0n) is 10.1. The second-order valence-corrected chi connectivity index (χ2v) is 4.21. The smallest absolute Gasteiger partial charge is 0.414 e. The summed E-state index contributed by atoms with van der Waals surface area (Å²) in [5, 5.41) is 17.5. The number of nitrogens with zero attached hydrogens (tertiary/aromatic N) is 2. The number of nitriles is 1. The molecular formula is C13H12N2O4. The molecule has 0 saturated carbocycles. The predicted octanol–water partition coefficient (Wildman–Crippen LogP) is 1.75. The van der Waals surface area contributed by atoms with Gasteiger partial charge >= 0.3 is 12.1 Å². The van der Waals surface area contributed by atoms with E-state index in [1.54, 1.807) is 24.3 Å². The molecule has 0 spiro atoms. The Hall–Kier alpha value is -2.55. The highest BCUT2D eigenvalue weighted by Crippen LogP contribution is 2.23. The topological polar surface area (TPSA) is 90.6 Å². The molecule has 1 fully saturated rings. The van der Waals surface area contributed by atoms with Gasteiger partial charge in [-0.3, -0.25) is 9.69 Å². The van der Waals surface area contributed by atoms with E-state index in [0.717, 1.165) is 0 Å². The summed E-state index contributed by atoms with van der Waals surface area (Å²) < 4.78 is 5.06. The summed E-state index contributed by atoms with van der Waals surface area (Å²) >= 11 is 0. The number of cyclic esters (lactones) is 1. The quantitative estimate of drug-likeness (QED) is 0.893. The number of carbonyl (C=O) groups excluding carboxylic acids is 1. The van der Waals surface area contributed by atoms with Crippen LogP contribution in [0.25, 0.3) is 0 Å². The first kappa shape index (κ1) is 12.9. The van der Waals surface area contributed by atoms with Gasteiger partial charge in [-0.05, 0) is 18.2 Å². The fraction of sp³-hybridized carbons (Fsp3) is 0.308. The summed E-state index contributed by atoms with van der Waals surface area (Å²) in [6, 6.07) is 8.63. The Kier molecular flexibility index (Phi) is 3.66. The van der Waals surface area contributed by atoms with Gasteiger partial charge in [0.25, 0.3) is 0 Å². The van der Waals surface area contributed by atoms with Crippen LogP contribution in [0, 0.1) is 11.3 Å². The van der Waals surface area contributed by atoms with Crippen LogP contribution < -0.4 is 4.90 Å². The zero-order valence-corrected chi connectivity index (χ0v) is 10.1. The third-order valence-corrected chi connectivity index (χ3v) is 2.85. The van der Waals surface area contributed by atoms with Crippen molar-refractivity contribution in [1.29, 1.82) is 5.26 Å². The largest absolute Gasteiger partial charge is 0.481 e. The van der Waals surface area contributed by atoms with Crippen LogP contribution in [-0.4, -0.2) is 29.8 Å². The third kappa shape index (κ3) is 3.01. The second-order valence-electron chi connectivity index (χ2n) is 4.21. The summed E-state index contributed by atoms with van der Waals surface area (Å²) in [6.07, 6.45) is -0.889. The number of hydrogen-bond donors (Lipinski definition) is 1. The van der Waals surface area contributed by atoms with E-state index in [4.69, 9.17) is 15.1 Å². The summed E-state index contributed by atoms with van der Waals surface area (Å²) in [4.78, 5) is 23.8. The average Bonchev–Trinajstić information content (AvgIpc) is 2.38. The van der Waals surface area contributed by atoms with Crippen LogP contribution in [0.1, 0.15) is 18.4 Å². The number of anilines is 1. The van der Waals surface area contributed by atoms with E-state index in [-0.39, 0.29) is 6.42 Å². The van der Waals surface area contributed by atoms with Crippen molar-refractivity contribution in [2.75, 3.05) is 11.4 Å². The van der Waals surface area contributed by atoms with Crippen molar-refractivity contribution in [2.24, 2.45) is 0 Å². The summed E-state index contributed by atoms with van der Waals surface area (Å²) in [5.74, 6) is -0.988. The van der Waals surface area contributed by atoms with E-state index in [1.165, 1.54) is 4.90 Å². The molecule has 1 aromatic carbocycles. The highest BCUT2D eigenvalue weighted by molar-refractivity contribution is 5.88. The lowest BCUT2D eigenvalue weighted by molar-refractivity contribution is -0.139. The highest BCUT2D eigenvalue weighted by Gasteiger charge is 2.29. The van der Waals surface area contributed by atoms with Gasteiger partial charge in [-0.1, -0.05) is 6.07 Å². The standard InChI is InChI=1S/C13H12N2O4/c14-8-9-2-1-3-10(6-9)15-5-4-11(7-12(16)17)19-13(15)18/h1-3,6,11H,4-5,7H2,(H,16,17). The van der Waals surface area contributed by atoms with Gasteiger partial charge in [-0.2, -0.15) is 5.26 Å². The maximum atomic E-state index is 11.8. The van der Waals surface area contributed by atoms with Gasteiger partial charge in [0.15, 0.2) is 0 Å². The summed E-state index contributed by atoms with van der Waals surface area (Å²) in [7, 11) is 0. The van der Waals surface area contributed by atoms with Crippen molar-refractivity contribution in [3.05, 3.63) is 29.8 Å². The Labute approximate surface area is 109 Å². The maximum absolute atomic E-state index is 11.8. The van der Waals surface area contributed by atoms with Crippen LogP contribution in [0.4, 0.5) is 10.5 Å². The minimum absolute atomic E-state index is 0.183. The maximum Gasteiger partial charge on any atom is 0.414 e. The first-order valence-corrected chi connectivity index (χ1v) is 5.80. The number of aliphatic carboxylic acids is 1. The van der Waals surface area contributed by atoms with E-state index in [1.807, 2.05) is 6.07 Å². The third-order valence-electron chi connectivity index (χ3n) is 2.85. The number of carboxylic acid groups (broad SMARTS) is 1. The molecular weight excluding hydrogens is 248 g/mol. The van der Waals surface area contributed by atoms with Crippen LogP contribution in [0.3, 0.4) is 0 Å². The molecule has 1 heterocycles. The summed E-state index contributed by atoms with van der Waals surface area (Å²) in [5.41, 5.74) is 1.04. The summed E-state index contributed by atoms with van der Waals surface area (Å²) in [6.45, 7) is 0.381. The van der Waals surface area contributed by atoms with Gasteiger partial charge in [0.05, 0.1) is 18.1 Å². The first-order valence-electron chi connectivity index (χ1n) is 5.80. The van der Waals surface area contributed by atoms with E-state index in [9.17, 15) is 9.59 Å². The highest BCUT2D eigenvalue weighted by atomic mass is 16.6. The lowest BCUT2D eigenvalue weighted by Crippen LogP contribution is -2.42. The van der Waals surface area contributed by atoms with Crippen molar-refractivity contribution in [3.63, 3.8) is 0 Å². The lowest BCUT2D eigenvalue weighted by atomic mass is 10.1. The molecule has 1 amide bonds. The van der Waals surface area contributed by atoms with Crippen molar-refractivity contribution in [1.82, 2.24) is 0 Å². The van der Waals surface area contributed by atoms with Gasteiger partial charge in [0.1, 0.15) is 6.10 Å². The molecule has 1 aliphatic rings. The SMILES string of the molecule is N#Cc1cccc(N2CCC(CC(=O)O)OC2=O)c1. The molecule has 1 N–H and O–H groups in total. The number of carbonyl (C=O) groups is 2. The molecule has 0 aliphatic carbocycles. The zero-order chi connectivity index (χ0) is 13.8. The Bertz CT molecular complexity index is 550. The van der Waals surface area contributed by atoms with E-state index >= 15 is 0 Å². The van der Waals surface area contributed by atoms with Crippen molar-refractivity contribution in [2.45, 2.75) is 18.9 Å². The van der Waals surface area contributed by atoms with Crippen LogP contribution >= 0.6 is 0 Å². The molecule has 98 valence electrons. The molecule has 1 saturated heterocycles. The number of benzene rings is 1. The van der Waals surface area contributed by atoms with Crippen molar-refractivity contribution in [3.8, 4) is 6.07 Å². The van der Waals surface area contributed by atoms with Gasteiger partial charge in [0, 0.05) is 18.7 Å². The molecule has 1 atom stereocenters. The first-order chi connectivity index (χ1) is 9.10. The fourth-order valence-electron chi connectivity index (χ4n) is 1.95. The van der Waals surface area contributed by atoms with E-state index in [2.05, 4.69) is 0 Å². The molecule has 1 unspecified atom stereocenters. The minimum atomic E-state index is -0.988. The number of rotatable bonds is 3. The van der Waals surface area contributed by atoms with E-state index < -0.39 is 18.2 Å². The molecule has 6 heteroatoms. The van der Waals surface area contributed by atoms with Crippen LogP contribution in [0.15, 0.2) is 24.3 Å². The Morgan fingerprint density at radius 3 is 3.00 bits per heavy atom. The van der Waals surface area contributed by atoms with Crippen LogP contribution in [0.2, 0.25) is 0 Å². The van der Waals surface area contributed by atoms with Crippen molar-refractivity contribution >= 4 is 17.7 Å². The molecule has 6 nitrogen and oxygen atoms in total. The number of carboxylic acids is 1.